The van der Waals surface area contributed by atoms with E-state index in [0.717, 1.165) is 30.7 Å². The summed E-state index contributed by atoms with van der Waals surface area (Å²) in [6.45, 7) is 5.87. The third-order valence-corrected chi connectivity index (χ3v) is 5.45. The Morgan fingerprint density at radius 2 is 2.29 bits per heavy atom. The van der Waals surface area contributed by atoms with Gasteiger partial charge in [0.15, 0.2) is 0 Å². The van der Waals surface area contributed by atoms with Crippen LogP contribution in [0.15, 0.2) is 18.2 Å². The van der Waals surface area contributed by atoms with Crippen LogP contribution in [0.2, 0.25) is 0 Å². The van der Waals surface area contributed by atoms with Gasteiger partial charge in [0.1, 0.15) is 5.75 Å². The first-order valence-electron chi connectivity index (χ1n) is 8.59. The molecule has 3 aliphatic heterocycles. The Morgan fingerprint density at radius 3 is 3.29 bits per heavy atom. The predicted octanol–water partition coefficient (Wildman–Crippen LogP) is 2.24. The van der Waals surface area contributed by atoms with Crippen LogP contribution < -0.4 is 10.1 Å². The molecule has 2 saturated heterocycles. The van der Waals surface area contributed by atoms with E-state index in [1.54, 1.807) is 0 Å². The highest BCUT2D eigenvalue weighted by Crippen LogP contribution is 2.27. The van der Waals surface area contributed by atoms with Crippen LogP contribution in [0.5, 0.6) is 5.75 Å². The fourth-order valence-corrected chi connectivity index (χ4v) is 4.21. The highest BCUT2D eigenvalue weighted by atomic mass is 16.5. The Balaban J connectivity index is 1.32. The molecule has 3 aliphatic rings. The van der Waals surface area contributed by atoms with E-state index in [2.05, 4.69) is 28.4 Å². The minimum atomic E-state index is 0.798. The van der Waals surface area contributed by atoms with Crippen molar-refractivity contribution in [3.8, 4) is 5.75 Å². The molecule has 21 heavy (non-hydrogen) atoms. The molecule has 2 atom stereocenters. The Morgan fingerprint density at radius 1 is 1.29 bits per heavy atom. The summed E-state index contributed by atoms with van der Waals surface area (Å²) in [4.78, 5) is 2.68. The van der Waals surface area contributed by atoms with Crippen LogP contribution in [-0.2, 0) is 12.8 Å². The van der Waals surface area contributed by atoms with Crippen LogP contribution >= 0.6 is 0 Å². The van der Waals surface area contributed by atoms with Gasteiger partial charge in [-0.05, 0) is 61.9 Å². The number of nitrogens with one attached hydrogen (secondary N) is 1. The maximum absolute atomic E-state index is 5.59. The number of ether oxygens (including phenoxy) is 1. The lowest BCUT2D eigenvalue weighted by Crippen LogP contribution is -2.52. The number of fused-ring (bicyclic) bond motifs is 2. The van der Waals surface area contributed by atoms with Gasteiger partial charge in [0.05, 0.1) is 6.61 Å². The maximum atomic E-state index is 5.59. The van der Waals surface area contributed by atoms with Gasteiger partial charge < -0.3 is 15.0 Å². The second-order valence-corrected chi connectivity index (χ2v) is 6.84. The van der Waals surface area contributed by atoms with Crippen molar-refractivity contribution < 1.29 is 4.74 Å². The maximum Gasteiger partial charge on any atom is 0.122 e. The third kappa shape index (κ3) is 2.95. The molecule has 2 unspecified atom stereocenters. The van der Waals surface area contributed by atoms with Crippen molar-refractivity contribution in [1.29, 1.82) is 0 Å². The third-order valence-electron chi connectivity index (χ3n) is 5.45. The van der Waals surface area contributed by atoms with E-state index in [9.17, 15) is 0 Å². The number of piperidine rings is 2. The molecule has 0 radical (unpaired) electrons. The first-order chi connectivity index (χ1) is 10.4. The molecule has 0 bridgehead atoms. The Hall–Kier alpha value is -1.06. The highest BCUT2D eigenvalue weighted by molar-refractivity contribution is 5.39. The van der Waals surface area contributed by atoms with E-state index in [1.165, 1.54) is 63.0 Å². The summed E-state index contributed by atoms with van der Waals surface area (Å²) < 4.78 is 5.59. The van der Waals surface area contributed by atoms with Gasteiger partial charge in [0.25, 0.3) is 0 Å². The first-order valence-corrected chi connectivity index (χ1v) is 8.59. The number of hydrogen-bond donors (Lipinski definition) is 1. The van der Waals surface area contributed by atoms with Crippen LogP contribution in [0, 0.1) is 5.92 Å². The molecule has 0 amide bonds. The van der Waals surface area contributed by atoms with Crippen LogP contribution in [0.1, 0.15) is 30.4 Å². The fraction of sp³-hybridized carbons (Fsp3) is 0.667. The number of hydrogen-bond acceptors (Lipinski definition) is 3. The van der Waals surface area contributed by atoms with E-state index in [4.69, 9.17) is 4.74 Å². The Kier molecular flexibility index (Phi) is 3.87. The Bertz CT molecular complexity index is 502. The molecule has 2 fully saturated rings. The van der Waals surface area contributed by atoms with E-state index in [1.807, 2.05) is 0 Å². The van der Waals surface area contributed by atoms with E-state index in [0.29, 0.717) is 0 Å². The zero-order chi connectivity index (χ0) is 14.1. The average Bonchev–Trinajstić information content (AvgIpc) is 3.00. The van der Waals surface area contributed by atoms with Gasteiger partial charge in [0.2, 0.25) is 0 Å². The summed E-state index contributed by atoms with van der Waals surface area (Å²) in [5, 5.41) is 3.70. The largest absolute Gasteiger partial charge is 0.493 e. The van der Waals surface area contributed by atoms with Gasteiger partial charge in [-0.1, -0.05) is 12.1 Å². The lowest BCUT2D eigenvalue weighted by molar-refractivity contribution is 0.115. The molecular formula is C18H26N2O. The standard InChI is InChI=1S/C18H26N2O/c1-2-16-13-20(10-6-17(16)19-8-1)9-5-14-3-4-18-15(12-14)7-11-21-18/h3-4,12,16-17,19H,1-2,5-11,13H2. The van der Waals surface area contributed by atoms with Gasteiger partial charge in [-0.15, -0.1) is 0 Å². The highest BCUT2D eigenvalue weighted by Gasteiger charge is 2.30. The molecule has 0 spiro atoms. The number of likely N-dealkylation sites (tertiary alicyclic amines) is 1. The molecule has 1 aromatic carbocycles. The number of benzene rings is 1. The molecule has 0 aliphatic carbocycles. The van der Waals surface area contributed by atoms with E-state index in [-0.39, 0.29) is 0 Å². The zero-order valence-electron chi connectivity index (χ0n) is 12.8. The summed E-state index contributed by atoms with van der Waals surface area (Å²) in [5.41, 5.74) is 2.88. The van der Waals surface area contributed by atoms with Gasteiger partial charge in [-0.2, -0.15) is 0 Å². The summed E-state index contributed by atoms with van der Waals surface area (Å²) in [5.74, 6) is 1.99. The van der Waals surface area contributed by atoms with Crippen molar-refractivity contribution in [2.45, 2.75) is 38.1 Å². The lowest BCUT2D eigenvalue weighted by atomic mass is 9.85. The molecule has 0 saturated carbocycles. The van der Waals surface area contributed by atoms with Crippen LogP contribution in [-0.4, -0.2) is 43.7 Å². The van der Waals surface area contributed by atoms with Gasteiger partial charge in [-0.3, -0.25) is 0 Å². The summed E-state index contributed by atoms with van der Waals surface area (Å²) >= 11 is 0. The quantitative estimate of drug-likeness (QED) is 0.922. The molecule has 1 aromatic rings. The molecule has 1 N–H and O–H groups in total. The van der Waals surface area contributed by atoms with Gasteiger partial charge in [0, 0.05) is 25.6 Å². The molecule has 0 aromatic heterocycles. The van der Waals surface area contributed by atoms with Crippen LogP contribution in [0.25, 0.3) is 0 Å². The van der Waals surface area contributed by atoms with Crippen molar-refractivity contribution >= 4 is 0 Å². The summed E-state index contributed by atoms with van der Waals surface area (Å²) in [7, 11) is 0. The minimum absolute atomic E-state index is 0.798. The Labute approximate surface area is 127 Å². The topological polar surface area (TPSA) is 24.5 Å². The SMILES string of the molecule is c1cc2c(cc1CCN1CCC3NCCCC3C1)CCO2. The predicted molar refractivity (Wildman–Crippen MR) is 84.9 cm³/mol. The van der Waals surface area contributed by atoms with Gasteiger partial charge in [-0.25, -0.2) is 0 Å². The van der Waals surface area contributed by atoms with Gasteiger partial charge >= 0.3 is 0 Å². The molecule has 3 heterocycles. The zero-order valence-corrected chi connectivity index (χ0v) is 12.8. The molecule has 3 heteroatoms. The molecule has 114 valence electrons. The van der Waals surface area contributed by atoms with E-state index >= 15 is 0 Å². The van der Waals surface area contributed by atoms with Crippen molar-refractivity contribution in [3.63, 3.8) is 0 Å². The minimum Gasteiger partial charge on any atom is -0.493 e. The van der Waals surface area contributed by atoms with Crippen molar-refractivity contribution in [1.82, 2.24) is 10.2 Å². The monoisotopic (exact) mass is 286 g/mol. The number of rotatable bonds is 3. The van der Waals surface area contributed by atoms with Crippen molar-refractivity contribution in [3.05, 3.63) is 29.3 Å². The summed E-state index contributed by atoms with van der Waals surface area (Å²) in [6.07, 6.45) is 6.38. The lowest BCUT2D eigenvalue weighted by Gasteiger charge is -2.41. The summed E-state index contributed by atoms with van der Waals surface area (Å²) in [6, 6.07) is 7.57. The smallest absolute Gasteiger partial charge is 0.122 e. The van der Waals surface area contributed by atoms with Crippen LogP contribution in [0.3, 0.4) is 0 Å². The van der Waals surface area contributed by atoms with Crippen molar-refractivity contribution in [2.24, 2.45) is 5.92 Å². The van der Waals surface area contributed by atoms with Crippen LogP contribution in [0.4, 0.5) is 0 Å². The first kappa shape index (κ1) is 13.6. The molecule has 3 nitrogen and oxygen atoms in total. The number of nitrogens with zero attached hydrogens (tertiary/aromatic N) is 1. The fourth-order valence-electron chi connectivity index (χ4n) is 4.21. The second kappa shape index (κ2) is 5.98. The average molecular weight is 286 g/mol. The molecule has 4 rings (SSSR count). The van der Waals surface area contributed by atoms with Crippen molar-refractivity contribution in [2.75, 3.05) is 32.8 Å². The normalized spacial score (nSPS) is 28.8. The molecular weight excluding hydrogens is 260 g/mol. The van der Waals surface area contributed by atoms with E-state index < -0.39 is 0 Å². The second-order valence-electron chi connectivity index (χ2n) is 6.84.